The number of hydrogen-bond acceptors (Lipinski definition) is 4. The summed E-state index contributed by atoms with van der Waals surface area (Å²) in [6.45, 7) is 0. The van der Waals surface area contributed by atoms with Crippen molar-refractivity contribution in [1.82, 2.24) is 9.55 Å². The molecule has 98 valence electrons. The molecule has 0 fully saturated rings. The van der Waals surface area contributed by atoms with Gasteiger partial charge in [0.1, 0.15) is 5.82 Å². The third kappa shape index (κ3) is 2.79. The highest BCUT2D eigenvalue weighted by atomic mass is 79.9. The van der Waals surface area contributed by atoms with Crippen molar-refractivity contribution < 1.29 is 9.72 Å². The molecule has 2 rings (SSSR count). The number of nitrogens with one attached hydrogen (secondary N) is 1. The van der Waals surface area contributed by atoms with E-state index in [-0.39, 0.29) is 11.5 Å². The van der Waals surface area contributed by atoms with E-state index < -0.39 is 10.8 Å². The lowest BCUT2D eigenvalue weighted by molar-refractivity contribution is -0.391. The molecule has 0 aliphatic heterocycles. The molecule has 0 bridgehead atoms. The maximum atomic E-state index is 12.0. The van der Waals surface area contributed by atoms with Crippen molar-refractivity contribution >= 4 is 33.5 Å². The molecule has 0 saturated heterocycles. The summed E-state index contributed by atoms with van der Waals surface area (Å²) < 4.78 is 1.99. The lowest BCUT2D eigenvalue weighted by Crippen LogP contribution is -2.16. The first-order chi connectivity index (χ1) is 8.99. The van der Waals surface area contributed by atoms with Gasteiger partial charge in [-0.15, -0.1) is 0 Å². The second-order valence-corrected chi connectivity index (χ2v) is 4.62. The minimum absolute atomic E-state index is 0.146. The first-order valence-corrected chi connectivity index (χ1v) is 6.01. The van der Waals surface area contributed by atoms with Gasteiger partial charge in [0.15, 0.2) is 5.69 Å². The fourth-order valence-corrected chi connectivity index (χ4v) is 1.90. The van der Waals surface area contributed by atoms with Crippen LogP contribution in [0.2, 0.25) is 0 Å². The van der Waals surface area contributed by atoms with Gasteiger partial charge in [-0.25, -0.2) is 9.55 Å². The molecule has 1 N–H and O–H groups in total. The van der Waals surface area contributed by atoms with Gasteiger partial charge in [-0.1, -0.05) is 15.9 Å². The first kappa shape index (κ1) is 13.2. The number of anilines is 1. The van der Waals surface area contributed by atoms with E-state index in [0.717, 1.165) is 4.47 Å². The molecule has 0 spiro atoms. The zero-order valence-corrected chi connectivity index (χ0v) is 11.4. The number of halogens is 1. The Balaban J connectivity index is 2.23. The van der Waals surface area contributed by atoms with Crippen LogP contribution < -0.4 is 5.32 Å². The molecule has 2 aromatic rings. The predicted octanol–water partition coefficient (Wildman–Crippen LogP) is 2.34. The van der Waals surface area contributed by atoms with Gasteiger partial charge in [-0.3, -0.25) is 4.79 Å². The van der Waals surface area contributed by atoms with Gasteiger partial charge in [0.25, 0.3) is 5.91 Å². The topological polar surface area (TPSA) is 90.1 Å². The zero-order valence-electron chi connectivity index (χ0n) is 9.83. The number of amides is 1. The molecule has 2 aromatic heterocycles. The van der Waals surface area contributed by atoms with Crippen LogP contribution in [0.15, 0.2) is 34.9 Å². The van der Waals surface area contributed by atoms with Crippen molar-refractivity contribution in [2.75, 3.05) is 5.32 Å². The van der Waals surface area contributed by atoms with Crippen LogP contribution in [0.1, 0.15) is 10.5 Å². The summed E-state index contributed by atoms with van der Waals surface area (Å²) in [6, 6.07) is 6.03. The third-order valence-corrected chi connectivity index (χ3v) is 2.97. The highest BCUT2D eigenvalue weighted by Crippen LogP contribution is 2.17. The van der Waals surface area contributed by atoms with Crippen LogP contribution in [-0.2, 0) is 7.05 Å². The van der Waals surface area contributed by atoms with Crippen LogP contribution in [0.3, 0.4) is 0 Å². The molecule has 0 aliphatic rings. The highest BCUT2D eigenvalue weighted by Gasteiger charge is 2.20. The molecular weight excluding hydrogens is 316 g/mol. The Hall–Kier alpha value is -2.22. The normalized spacial score (nSPS) is 10.2. The quantitative estimate of drug-likeness (QED) is 0.693. The van der Waals surface area contributed by atoms with Gasteiger partial charge in [-0.2, -0.15) is 0 Å². The third-order valence-electron chi connectivity index (χ3n) is 2.48. The first-order valence-electron chi connectivity index (χ1n) is 5.22. The molecule has 19 heavy (non-hydrogen) atoms. The highest BCUT2D eigenvalue weighted by molar-refractivity contribution is 9.10. The Kier molecular flexibility index (Phi) is 3.61. The summed E-state index contributed by atoms with van der Waals surface area (Å²) in [5.74, 6) is -0.239. The van der Waals surface area contributed by atoms with Crippen molar-refractivity contribution in [2.24, 2.45) is 7.05 Å². The molecule has 7 nitrogen and oxygen atoms in total. The van der Waals surface area contributed by atoms with Gasteiger partial charge < -0.3 is 15.4 Å². The Labute approximate surface area is 116 Å². The number of rotatable bonds is 3. The molecule has 1 amide bonds. The smallest absolute Gasteiger partial charge is 0.323 e. The maximum Gasteiger partial charge on any atom is 0.323 e. The van der Waals surface area contributed by atoms with Crippen molar-refractivity contribution in [3.63, 3.8) is 0 Å². The van der Waals surface area contributed by atoms with E-state index in [2.05, 4.69) is 26.2 Å². The zero-order chi connectivity index (χ0) is 14.0. The lowest BCUT2D eigenvalue weighted by atomic mass is 10.4. The minimum Gasteiger partial charge on any atom is -0.358 e. The molecule has 0 saturated carbocycles. The van der Waals surface area contributed by atoms with Crippen LogP contribution in [0.25, 0.3) is 0 Å². The fraction of sp³-hybridized carbons (Fsp3) is 0.0909. The Morgan fingerprint density at radius 1 is 1.47 bits per heavy atom. The maximum absolute atomic E-state index is 12.0. The number of carbonyl (C=O) groups excluding carboxylic acids is 1. The summed E-state index contributed by atoms with van der Waals surface area (Å²) in [4.78, 5) is 26.1. The molecule has 0 unspecified atom stereocenters. The van der Waals surface area contributed by atoms with E-state index in [1.165, 1.54) is 29.9 Å². The van der Waals surface area contributed by atoms with Gasteiger partial charge in [0.05, 0.1) is 7.05 Å². The van der Waals surface area contributed by atoms with E-state index in [0.29, 0.717) is 5.82 Å². The van der Waals surface area contributed by atoms with E-state index >= 15 is 0 Å². The summed E-state index contributed by atoms with van der Waals surface area (Å²) in [6.07, 6.45) is 1.53. The minimum atomic E-state index is -0.547. The largest absolute Gasteiger partial charge is 0.358 e. The van der Waals surface area contributed by atoms with Crippen LogP contribution in [0.4, 0.5) is 11.6 Å². The average Bonchev–Trinajstić information content (AvgIpc) is 2.71. The standard InChI is InChI=1S/C11H9BrN4O3/c1-15-8(2-3-10(15)16(18)19)11(17)14-9-6-7(12)4-5-13-9/h2-6H,1H3,(H,13,14,17). The molecule has 0 radical (unpaired) electrons. The molecule has 0 atom stereocenters. The van der Waals surface area contributed by atoms with Gasteiger partial charge in [-0.05, 0) is 23.1 Å². The number of hydrogen-bond donors (Lipinski definition) is 1. The molecule has 0 aromatic carbocycles. The van der Waals surface area contributed by atoms with Crippen LogP contribution in [0, 0.1) is 10.1 Å². The molecular formula is C11H9BrN4O3. The average molecular weight is 325 g/mol. The monoisotopic (exact) mass is 324 g/mol. The Bertz CT molecular complexity index is 653. The van der Waals surface area contributed by atoms with Crippen molar-refractivity contribution in [2.45, 2.75) is 0 Å². The molecule has 8 heteroatoms. The van der Waals surface area contributed by atoms with Crippen LogP contribution in [-0.4, -0.2) is 20.4 Å². The number of nitro groups is 1. The van der Waals surface area contributed by atoms with E-state index in [4.69, 9.17) is 0 Å². The fourth-order valence-electron chi connectivity index (χ4n) is 1.57. The van der Waals surface area contributed by atoms with Crippen molar-refractivity contribution in [1.29, 1.82) is 0 Å². The SMILES string of the molecule is Cn1c(C(=O)Nc2cc(Br)ccn2)ccc1[N+](=O)[O-]. The van der Waals surface area contributed by atoms with Crippen LogP contribution >= 0.6 is 15.9 Å². The Morgan fingerprint density at radius 3 is 2.79 bits per heavy atom. The second kappa shape index (κ2) is 5.19. The second-order valence-electron chi connectivity index (χ2n) is 3.71. The van der Waals surface area contributed by atoms with Crippen molar-refractivity contribution in [3.05, 3.63) is 50.7 Å². The van der Waals surface area contributed by atoms with Gasteiger partial charge >= 0.3 is 5.82 Å². The number of carbonyl (C=O) groups is 1. The lowest BCUT2D eigenvalue weighted by Gasteiger charge is -2.03. The predicted molar refractivity (Wildman–Crippen MR) is 72.0 cm³/mol. The van der Waals surface area contributed by atoms with E-state index in [9.17, 15) is 14.9 Å². The summed E-state index contributed by atoms with van der Waals surface area (Å²) >= 11 is 3.26. The Morgan fingerprint density at radius 2 is 2.21 bits per heavy atom. The number of pyridine rings is 1. The number of nitrogens with zero attached hydrogens (tertiary/aromatic N) is 3. The van der Waals surface area contributed by atoms with Gasteiger partial charge in [0.2, 0.25) is 0 Å². The van der Waals surface area contributed by atoms with E-state index in [1.54, 1.807) is 12.1 Å². The van der Waals surface area contributed by atoms with Gasteiger partial charge in [0, 0.05) is 16.7 Å². The van der Waals surface area contributed by atoms with Crippen LogP contribution in [0.5, 0.6) is 0 Å². The summed E-state index contributed by atoms with van der Waals surface area (Å²) in [5.41, 5.74) is 0.188. The molecule has 2 heterocycles. The summed E-state index contributed by atoms with van der Waals surface area (Å²) in [5, 5.41) is 13.3. The molecule has 0 aliphatic carbocycles. The summed E-state index contributed by atoms with van der Waals surface area (Å²) in [7, 11) is 1.46. The van der Waals surface area contributed by atoms with E-state index in [1.807, 2.05) is 0 Å². The number of aromatic nitrogens is 2. The van der Waals surface area contributed by atoms with Crippen molar-refractivity contribution in [3.8, 4) is 0 Å².